The second-order valence-corrected chi connectivity index (χ2v) is 7.99. The van der Waals surface area contributed by atoms with Gasteiger partial charge >= 0.3 is 0 Å². The van der Waals surface area contributed by atoms with Gasteiger partial charge in [0.15, 0.2) is 0 Å². The number of rotatable bonds is 4. The van der Waals surface area contributed by atoms with Crippen molar-refractivity contribution in [2.75, 3.05) is 6.54 Å². The van der Waals surface area contributed by atoms with E-state index in [1.807, 2.05) is 0 Å². The summed E-state index contributed by atoms with van der Waals surface area (Å²) in [4.78, 5) is 0. The lowest BCUT2D eigenvalue weighted by Crippen LogP contribution is -2.39. The molecular formula is C17H33NO. The highest BCUT2D eigenvalue weighted by molar-refractivity contribution is 4.91. The zero-order valence-electron chi connectivity index (χ0n) is 13.4. The van der Waals surface area contributed by atoms with Crippen molar-refractivity contribution >= 4 is 0 Å². The minimum absolute atomic E-state index is 0.232. The molecule has 1 saturated heterocycles. The summed E-state index contributed by atoms with van der Waals surface area (Å²) in [5.74, 6) is 0.711. The molecule has 2 nitrogen and oxygen atoms in total. The molecule has 0 bridgehead atoms. The summed E-state index contributed by atoms with van der Waals surface area (Å²) in [6.45, 7) is 10.2. The third kappa shape index (κ3) is 4.75. The zero-order chi connectivity index (χ0) is 13.9. The van der Waals surface area contributed by atoms with Crippen molar-refractivity contribution in [2.24, 2.45) is 5.92 Å². The summed E-state index contributed by atoms with van der Waals surface area (Å²) in [6, 6.07) is 0. The van der Waals surface area contributed by atoms with Crippen LogP contribution in [0.5, 0.6) is 0 Å². The molecule has 1 heterocycles. The van der Waals surface area contributed by atoms with E-state index in [4.69, 9.17) is 4.74 Å². The van der Waals surface area contributed by atoms with Gasteiger partial charge in [-0.15, -0.1) is 0 Å². The van der Waals surface area contributed by atoms with Gasteiger partial charge in [-0.1, -0.05) is 26.2 Å². The summed E-state index contributed by atoms with van der Waals surface area (Å²) in [7, 11) is 0. The maximum Gasteiger partial charge on any atom is 0.0687 e. The molecular weight excluding hydrogens is 234 g/mol. The minimum atomic E-state index is 0.232. The van der Waals surface area contributed by atoms with E-state index < -0.39 is 0 Å². The fourth-order valence-corrected chi connectivity index (χ4v) is 3.64. The SMILES string of the molecule is CC(CNC(C)(C)C)CC1CCC2(CCCCC2)O1. The van der Waals surface area contributed by atoms with E-state index in [1.165, 1.54) is 51.4 Å². The van der Waals surface area contributed by atoms with Crippen LogP contribution in [-0.2, 0) is 4.74 Å². The van der Waals surface area contributed by atoms with Crippen molar-refractivity contribution in [3.05, 3.63) is 0 Å². The number of hydrogen-bond donors (Lipinski definition) is 1. The normalized spacial score (nSPS) is 28.7. The average molecular weight is 267 g/mol. The van der Waals surface area contributed by atoms with Gasteiger partial charge in [0.2, 0.25) is 0 Å². The van der Waals surface area contributed by atoms with Crippen LogP contribution in [0.15, 0.2) is 0 Å². The molecule has 19 heavy (non-hydrogen) atoms. The molecule has 0 aromatic rings. The quantitative estimate of drug-likeness (QED) is 0.820. The molecule has 2 unspecified atom stereocenters. The maximum atomic E-state index is 6.46. The number of nitrogens with one attached hydrogen (secondary N) is 1. The first kappa shape index (κ1) is 15.3. The molecule has 112 valence electrons. The fraction of sp³-hybridized carbons (Fsp3) is 1.00. The first-order valence-electron chi connectivity index (χ1n) is 8.31. The van der Waals surface area contributed by atoms with E-state index >= 15 is 0 Å². The van der Waals surface area contributed by atoms with Gasteiger partial charge in [0, 0.05) is 5.54 Å². The Hall–Kier alpha value is -0.0800. The van der Waals surface area contributed by atoms with E-state index in [-0.39, 0.29) is 5.54 Å². The Labute approximate surface area is 119 Å². The van der Waals surface area contributed by atoms with Crippen LogP contribution in [0.2, 0.25) is 0 Å². The Morgan fingerprint density at radius 1 is 1.16 bits per heavy atom. The minimum Gasteiger partial charge on any atom is -0.372 e. The Bertz CT molecular complexity index is 275. The van der Waals surface area contributed by atoms with Crippen molar-refractivity contribution in [3.8, 4) is 0 Å². The largest absolute Gasteiger partial charge is 0.372 e. The predicted octanol–water partition coefficient (Wildman–Crippen LogP) is 4.28. The summed E-state index contributed by atoms with van der Waals surface area (Å²) < 4.78 is 6.46. The van der Waals surface area contributed by atoms with E-state index in [2.05, 4.69) is 33.0 Å². The van der Waals surface area contributed by atoms with Crippen LogP contribution in [0.1, 0.15) is 79.1 Å². The molecule has 0 aromatic heterocycles. The van der Waals surface area contributed by atoms with E-state index in [9.17, 15) is 0 Å². The highest BCUT2D eigenvalue weighted by Gasteiger charge is 2.40. The lowest BCUT2D eigenvalue weighted by atomic mass is 9.83. The monoisotopic (exact) mass is 267 g/mol. The van der Waals surface area contributed by atoms with Gasteiger partial charge in [-0.2, -0.15) is 0 Å². The highest BCUT2D eigenvalue weighted by Crippen LogP contribution is 2.43. The molecule has 0 amide bonds. The molecule has 2 heteroatoms. The van der Waals surface area contributed by atoms with E-state index in [0.29, 0.717) is 17.6 Å². The van der Waals surface area contributed by atoms with Crippen molar-refractivity contribution in [3.63, 3.8) is 0 Å². The summed E-state index contributed by atoms with van der Waals surface area (Å²) in [5, 5.41) is 3.61. The Morgan fingerprint density at radius 3 is 2.47 bits per heavy atom. The van der Waals surface area contributed by atoms with Crippen LogP contribution >= 0.6 is 0 Å². The standard InChI is InChI=1S/C17H33NO/c1-14(13-18-16(2,3)4)12-15-8-11-17(19-15)9-6-5-7-10-17/h14-15,18H,5-13H2,1-4H3. The van der Waals surface area contributed by atoms with Crippen LogP contribution in [-0.4, -0.2) is 23.8 Å². The maximum absolute atomic E-state index is 6.46. The summed E-state index contributed by atoms with van der Waals surface area (Å²) >= 11 is 0. The Morgan fingerprint density at radius 2 is 1.84 bits per heavy atom. The van der Waals surface area contributed by atoms with Crippen LogP contribution < -0.4 is 5.32 Å². The molecule has 2 rings (SSSR count). The summed E-state index contributed by atoms with van der Waals surface area (Å²) in [6.07, 6.45) is 11.2. The van der Waals surface area contributed by atoms with Gasteiger partial charge in [-0.3, -0.25) is 0 Å². The molecule has 1 N–H and O–H groups in total. The lowest BCUT2D eigenvalue weighted by molar-refractivity contribution is -0.0692. The molecule has 2 aliphatic rings. The van der Waals surface area contributed by atoms with Gasteiger partial charge in [0.25, 0.3) is 0 Å². The molecule has 1 aliphatic carbocycles. The third-order valence-electron chi connectivity index (χ3n) is 4.75. The predicted molar refractivity (Wildman–Crippen MR) is 81.5 cm³/mol. The van der Waals surface area contributed by atoms with Crippen molar-refractivity contribution in [1.82, 2.24) is 5.32 Å². The van der Waals surface area contributed by atoms with Crippen LogP contribution in [0.3, 0.4) is 0 Å². The van der Waals surface area contributed by atoms with Gasteiger partial charge in [-0.05, 0) is 65.3 Å². The van der Waals surface area contributed by atoms with Gasteiger partial charge < -0.3 is 10.1 Å². The Balaban J connectivity index is 1.72. The molecule has 0 aromatic carbocycles. The van der Waals surface area contributed by atoms with Crippen LogP contribution in [0, 0.1) is 5.92 Å². The van der Waals surface area contributed by atoms with Crippen LogP contribution in [0.25, 0.3) is 0 Å². The smallest absolute Gasteiger partial charge is 0.0687 e. The van der Waals surface area contributed by atoms with Gasteiger partial charge in [0.1, 0.15) is 0 Å². The molecule has 2 fully saturated rings. The summed E-state index contributed by atoms with van der Waals surface area (Å²) in [5.41, 5.74) is 0.523. The van der Waals surface area contributed by atoms with Gasteiger partial charge in [0.05, 0.1) is 11.7 Å². The molecule has 2 atom stereocenters. The van der Waals surface area contributed by atoms with E-state index in [0.717, 1.165) is 6.54 Å². The lowest BCUT2D eigenvalue weighted by Gasteiger charge is -2.34. The van der Waals surface area contributed by atoms with Crippen molar-refractivity contribution < 1.29 is 4.74 Å². The van der Waals surface area contributed by atoms with Gasteiger partial charge in [-0.25, -0.2) is 0 Å². The second-order valence-electron chi connectivity index (χ2n) is 7.99. The van der Waals surface area contributed by atoms with Crippen molar-refractivity contribution in [2.45, 2.75) is 96.3 Å². The first-order chi connectivity index (χ1) is 8.89. The molecule has 1 aliphatic heterocycles. The van der Waals surface area contributed by atoms with E-state index in [1.54, 1.807) is 0 Å². The zero-order valence-corrected chi connectivity index (χ0v) is 13.4. The first-order valence-corrected chi connectivity index (χ1v) is 8.31. The number of hydrogen-bond acceptors (Lipinski definition) is 2. The molecule has 1 saturated carbocycles. The molecule has 1 spiro atoms. The third-order valence-corrected chi connectivity index (χ3v) is 4.75. The number of ether oxygens (including phenoxy) is 1. The molecule has 0 radical (unpaired) electrons. The van der Waals surface area contributed by atoms with Crippen LogP contribution in [0.4, 0.5) is 0 Å². The second kappa shape index (κ2) is 6.13. The topological polar surface area (TPSA) is 21.3 Å². The highest BCUT2D eigenvalue weighted by atomic mass is 16.5. The average Bonchev–Trinajstić information content (AvgIpc) is 2.70. The fourth-order valence-electron chi connectivity index (χ4n) is 3.64. The van der Waals surface area contributed by atoms with Crippen molar-refractivity contribution in [1.29, 1.82) is 0 Å². The Kier molecular flexibility index (Phi) is 4.94.